The molecule has 1 heteroatoms. The number of allylic oxidation sites excluding steroid dienone is 10. The highest BCUT2D eigenvalue weighted by molar-refractivity contribution is 7.26. The van der Waals surface area contributed by atoms with Gasteiger partial charge in [0.15, 0.2) is 8.07 Å². The summed E-state index contributed by atoms with van der Waals surface area (Å²) in [7, 11) is -2.71. The third-order valence-corrected chi connectivity index (χ3v) is 15.2. The molecule has 0 N–H and O–H groups in total. The lowest BCUT2D eigenvalue weighted by Gasteiger charge is -2.38. The molecule has 0 fully saturated rings. The van der Waals surface area contributed by atoms with Crippen LogP contribution in [0.2, 0.25) is 0 Å². The van der Waals surface area contributed by atoms with Crippen molar-refractivity contribution in [2.45, 2.75) is 39.5 Å². The number of benzene rings is 4. The molecule has 0 spiro atoms. The van der Waals surface area contributed by atoms with Crippen molar-refractivity contribution in [1.29, 1.82) is 0 Å². The summed E-state index contributed by atoms with van der Waals surface area (Å²) in [6.07, 6.45) is 17.9. The van der Waals surface area contributed by atoms with Gasteiger partial charge in [-0.1, -0.05) is 145 Å². The van der Waals surface area contributed by atoms with E-state index < -0.39 is 8.07 Å². The normalized spacial score (nSPS) is 17.1. The molecule has 4 aromatic carbocycles. The molecule has 0 aromatic heterocycles. The Kier molecular flexibility index (Phi) is 6.31. The molecule has 0 aliphatic heterocycles. The zero-order chi connectivity index (χ0) is 29.0. The molecule has 0 saturated carbocycles. The van der Waals surface area contributed by atoms with Crippen molar-refractivity contribution in [2.75, 3.05) is 0 Å². The maximum atomic E-state index is 2.47. The summed E-state index contributed by atoms with van der Waals surface area (Å²) in [4.78, 5) is 0. The number of rotatable bonds is 6. The number of fused-ring (bicyclic) bond motifs is 2. The van der Waals surface area contributed by atoms with Gasteiger partial charge >= 0.3 is 0 Å². The second kappa shape index (κ2) is 10.4. The lowest BCUT2D eigenvalue weighted by molar-refractivity contribution is 1.19. The van der Waals surface area contributed by atoms with E-state index in [9.17, 15) is 0 Å². The number of hydrogen-bond donors (Lipinski definition) is 0. The van der Waals surface area contributed by atoms with E-state index in [-0.39, 0.29) is 0 Å². The van der Waals surface area contributed by atoms with Crippen molar-refractivity contribution in [3.05, 3.63) is 178 Å². The molecule has 0 amide bonds. The van der Waals surface area contributed by atoms with Crippen LogP contribution in [-0.2, 0) is 12.8 Å². The second-order valence-electron chi connectivity index (χ2n) is 12.5. The summed E-state index contributed by atoms with van der Waals surface area (Å²) in [6.45, 7) is 4.82. The monoisotopic (exact) mass is 568 g/mol. The molecule has 4 aromatic rings. The van der Waals surface area contributed by atoms with Crippen molar-refractivity contribution in [3.8, 4) is 0 Å². The fourth-order valence-electron chi connectivity index (χ4n) is 8.17. The van der Waals surface area contributed by atoms with Gasteiger partial charge in [-0.2, -0.15) is 0 Å². The van der Waals surface area contributed by atoms with Gasteiger partial charge in [0.1, 0.15) is 0 Å². The van der Waals surface area contributed by atoms with Crippen LogP contribution in [0.5, 0.6) is 0 Å². The highest BCUT2D eigenvalue weighted by Gasteiger charge is 2.50. The fraction of sp³-hybridized carbons (Fsp3) is 0.143. The fourth-order valence-corrected chi connectivity index (χ4v) is 14.0. The smallest absolute Gasteiger partial charge is 0.0801 e. The van der Waals surface area contributed by atoms with Crippen LogP contribution in [-0.4, -0.2) is 8.07 Å². The van der Waals surface area contributed by atoms with Crippen LogP contribution >= 0.6 is 0 Å². The molecule has 0 nitrogen and oxygen atoms in total. The molecule has 0 saturated heterocycles. The third-order valence-electron chi connectivity index (χ3n) is 9.89. The molecule has 43 heavy (non-hydrogen) atoms. The van der Waals surface area contributed by atoms with Gasteiger partial charge in [0, 0.05) is 0 Å². The molecule has 0 bridgehead atoms. The van der Waals surface area contributed by atoms with Gasteiger partial charge in [0.2, 0.25) is 0 Å². The largest absolute Gasteiger partial charge is 0.180 e. The molecular weight excluding hydrogens is 533 g/mol. The van der Waals surface area contributed by atoms with Crippen LogP contribution in [0.3, 0.4) is 0 Å². The molecule has 4 aliphatic rings. The molecular formula is C42H36Si. The van der Waals surface area contributed by atoms with E-state index in [1.165, 1.54) is 66.0 Å². The van der Waals surface area contributed by atoms with Crippen molar-refractivity contribution in [3.63, 3.8) is 0 Å². The van der Waals surface area contributed by atoms with Gasteiger partial charge in [-0.05, 0) is 105 Å². The minimum atomic E-state index is -2.71. The Balaban J connectivity index is 1.40. The van der Waals surface area contributed by atoms with Crippen LogP contribution in [0.1, 0.15) is 60.1 Å². The van der Waals surface area contributed by atoms with Gasteiger partial charge < -0.3 is 0 Å². The first kappa shape index (κ1) is 26.2. The van der Waals surface area contributed by atoms with E-state index in [0.29, 0.717) is 0 Å². The lowest BCUT2D eigenvalue weighted by Crippen LogP contribution is -2.60. The summed E-state index contributed by atoms with van der Waals surface area (Å²) in [6, 6.07) is 37.6. The first-order valence-electron chi connectivity index (χ1n) is 15.7. The Morgan fingerprint density at radius 3 is 1.35 bits per heavy atom. The van der Waals surface area contributed by atoms with Crippen molar-refractivity contribution in [2.24, 2.45) is 0 Å². The molecule has 4 aliphatic carbocycles. The summed E-state index contributed by atoms with van der Waals surface area (Å²) >= 11 is 0. The van der Waals surface area contributed by atoms with E-state index in [1.54, 1.807) is 10.4 Å². The van der Waals surface area contributed by atoms with Gasteiger partial charge in [0.25, 0.3) is 0 Å². The van der Waals surface area contributed by atoms with Crippen LogP contribution in [0.4, 0.5) is 0 Å². The van der Waals surface area contributed by atoms with Gasteiger partial charge in [-0.15, -0.1) is 0 Å². The van der Waals surface area contributed by atoms with Crippen molar-refractivity contribution < 1.29 is 0 Å². The summed E-state index contributed by atoms with van der Waals surface area (Å²) in [5, 5.41) is 6.13. The van der Waals surface area contributed by atoms with Crippen LogP contribution in [0, 0.1) is 0 Å². The highest BCUT2D eigenvalue weighted by atomic mass is 28.3. The summed E-state index contributed by atoms with van der Waals surface area (Å²) in [5.74, 6) is 0. The molecule has 0 radical (unpaired) electrons. The predicted octanol–water partition coefficient (Wildman–Crippen LogP) is 9.07. The highest BCUT2D eigenvalue weighted by Crippen LogP contribution is 2.49. The molecule has 0 heterocycles. The Morgan fingerprint density at radius 1 is 0.512 bits per heavy atom. The van der Waals surface area contributed by atoms with E-state index in [2.05, 4.69) is 147 Å². The molecule has 208 valence electrons. The average Bonchev–Trinajstić information content (AvgIpc) is 3.86. The third kappa shape index (κ3) is 4.10. The van der Waals surface area contributed by atoms with Crippen molar-refractivity contribution in [1.82, 2.24) is 0 Å². The Hall–Kier alpha value is -4.46. The molecule has 8 rings (SSSR count). The Bertz CT molecular complexity index is 1810. The first-order valence-corrected chi connectivity index (χ1v) is 17.7. The van der Waals surface area contributed by atoms with E-state index in [0.717, 1.165) is 25.7 Å². The number of hydrogen-bond acceptors (Lipinski definition) is 0. The van der Waals surface area contributed by atoms with Gasteiger partial charge in [-0.25, -0.2) is 0 Å². The van der Waals surface area contributed by atoms with E-state index in [4.69, 9.17) is 0 Å². The quantitative estimate of drug-likeness (QED) is 0.204. The zero-order valence-electron chi connectivity index (χ0n) is 25.0. The van der Waals surface area contributed by atoms with Crippen molar-refractivity contribution >= 4 is 40.0 Å². The minimum Gasteiger partial charge on any atom is -0.0801 e. The topological polar surface area (TPSA) is 0 Å². The van der Waals surface area contributed by atoms with E-state index >= 15 is 0 Å². The molecule has 0 unspecified atom stereocenters. The standard InChI is InChI=1S/C42H36Si/c1-29-25-35-27-33(31-13-9-10-14-31)21-23-39(35)41(29)43(37-17-5-3-6-18-37,38-19-7-4-8-20-38)42-30(2)26-36-28-34(22-24-40(36)42)32-15-11-12-16-32/h3-9,11,13-24,27-28H,10,12,25-26H2,1-2H3. The Labute approximate surface area is 256 Å². The lowest BCUT2D eigenvalue weighted by atomic mass is 10.0. The van der Waals surface area contributed by atoms with Crippen LogP contribution < -0.4 is 10.4 Å². The Morgan fingerprint density at radius 2 is 0.953 bits per heavy atom. The minimum absolute atomic E-state index is 1.02. The van der Waals surface area contributed by atoms with Crippen LogP contribution in [0.15, 0.2) is 145 Å². The maximum Gasteiger partial charge on any atom is 0.180 e. The SMILES string of the molecule is CC1=C([Si](C2=C(C)Cc3cc(C4=CCC=C4)ccc32)(c2ccccc2)c2ccccc2)c2ccc(C3=CCC=C3)cc2C1. The average molecular weight is 569 g/mol. The van der Waals surface area contributed by atoms with Gasteiger partial charge in [-0.3, -0.25) is 0 Å². The first-order chi connectivity index (χ1) is 21.1. The second-order valence-corrected chi connectivity index (χ2v) is 16.1. The predicted molar refractivity (Wildman–Crippen MR) is 187 cm³/mol. The maximum absolute atomic E-state index is 2.71. The van der Waals surface area contributed by atoms with Crippen LogP contribution in [0.25, 0.3) is 21.5 Å². The zero-order valence-corrected chi connectivity index (χ0v) is 26.0. The van der Waals surface area contributed by atoms with Gasteiger partial charge in [0.05, 0.1) is 0 Å². The van der Waals surface area contributed by atoms with E-state index in [1.807, 2.05) is 0 Å². The molecule has 0 atom stereocenters. The summed E-state index contributed by atoms with van der Waals surface area (Å²) in [5.41, 5.74) is 14.3. The summed E-state index contributed by atoms with van der Waals surface area (Å²) < 4.78 is 0.